The minimum atomic E-state index is -1.07. The average molecular weight is 352 g/mol. The van der Waals surface area contributed by atoms with Crippen molar-refractivity contribution in [1.82, 2.24) is 0 Å². The number of hydrogen-bond donors (Lipinski definition) is 2. The summed E-state index contributed by atoms with van der Waals surface area (Å²) >= 11 is 0. The summed E-state index contributed by atoms with van der Waals surface area (Å²) in [4.78, 5) is 22.6. The molecule has 5 heteroatoms. The van der Waals surface area contributed by atoms with Gasteiger partial charge in [-0.15, -0.1) is 0 Å². The van der Waals surface area contributed by atoms with Gasteiger partial charge >= 0.3 is 41.5 Å². The van der Waals surface area contributed by atoms with Crippen LogP contribution in [0, 0.1) is 5.41 Å². The number of hydrogen-bond acceptors (Lipinski definition) is 2. The number of aliphatic carboxylic acids is 2. The zero-order valence-electron chi connectivity index (χ0n) is 15.1. The van der Waals surface area contributed by atoms with Gasteiger partial charge in [0.2, 0.25) is 0 Å². The Labute approximate surface area is 170 Å². The zero-order valence-corrected chi connectivity index (χ0v) is 15.1. The Morgan fingerprint density at radius 1 is 0.708 bits per heavy atom. The van der Waals surface area contributed by atoms with Crippen molar-refractivity contribution in [1.29, 1.82) is 0 Å². The molecule has 0 aliphatic heterocycles. The number of carbonyl (C=O) groups is 2. The summed E-state index contributed by atoms with van der Waals surface area (Å²) in [5, 5.41) is 18.5. The molecule has 0 aromatic heterocycles. The fraction of sp³-hybridized carbons (Fsp3) is 0.895. The molecule has 0 heterocycles. The Morgan fingerprint density at radius 2 is 1.17 bits per heavy atom. The number of carboxylic acid groups (broad SMARTS) is 2. The van der Waals surface area contributed by atoms with Crippen LogP contribution >= 0.6 is 0 Å². The molecule has 0 aromatic carbocycles. The van der Waals surface area contributed by atoms with Gasteiger partial charge in [-0.3, -0.25) is 9.59 Å². The van der Waals surface area contributed by atoms with Crippen LogP contribution < -0.4 is 0 Å². The van der Waals surface area contributed by atoms with Crippen molar-refractivity contribution in [2.75, 3.05) is 0 Å². The third kappa shape index (κ3) is 12.3. The molecule has 0 radical (unpaired) electrons. The van der Waals surface area contributed by atoms with E-state index in [2.05, 4.69) is 6.92 Å². The summed E-state index contributed by atoms with van der Waals surface area (Å²) in [5.74, 6) is -1.95. The second-order valence-electron chi connectivity index (χ2n) is 6.84. The van der Waals surface area contributed by atoms with E-state index in [9.17, 15) is 14.7 Å². The summed E-state index contributed by atoms with van der Waals surface area (Å²) < 4.78 is 0. The normalized spacial score (nSPS) is 13.1. The summed E-state index contributed by atoms with van der Waals surface area (Å²) in [7, 11) is 0. The Hall–Kier alpha value is -0.0600. The number of unbranched alkanes of at least 4 members (excludes halogenated alkanes) is 9. The van der Waals surface area contributed by atoms with E-state index in [4.69, 9.17) is 5.11 Å². The first-order valence-corrected chi connectivity index (χ1v) is 9.43. The van der Waals surface area contributed by atoms with Crippen LogP contribution in [0.4, 0.5) is 0 Å². The van der Waals surface area contributed by atoms with Crippen molar-refractivity contribution in [2.24, 2.45) is 5.41 Å². The molecular formula is C19H37NaO4. The van der Waals surface area contributed by atoms with Crippen LogP contribution in [0.2, 0.25) is 0 Å². The number of rotatable bonds is 16. The van der Waals surface area contributed by atoms with Gasteiger partial charge in [0.1, 0.15) is 0 Å². The Bertz CT molecular complexity index is 333. The molecule has 24 heavy (non-hydrogen) atoms. The van der Waals surface area contributed by atoms with E-state index in [1.165, 1.54) is 44.9 Å². The summed E-state index contributed by atoms with van der Waals surface area (Å²) in [6.45, 7) is 4.14. The van der Waals surface area contributed by atoms with Gasteiger partial charge in [0.15, 0.2) is 0 Å². The van der Waals surface area contributed by atoms with Crippen LogP contribution in [-0.4, -0.2) is 51.7 Å². The molecule has 138 valence electrons. The molecule has 0 fully saturated rings. The van der Waals surface area contributed by atoms with Crippen LogP contribution in [-0.2, 0) is 9.59 Å². The molecule has 0 aliphatic rings. The maximum atomic E-state index is 11.6. The molecule has 0 bridgehead atoms. The molecule has 0 saturated heterocycles. The molecule has 4 nitrogen and oxygen atoms in total. The first kappa shape index (κ1) is 26.2. The van der Waals surface area contributed by atoms with Gasteiger partial charge in [-0.25, -0.2) is 0 Å². The fourth-order valence-electron chi connectivity index (χ4n) is 3.31. The van der Waals surface area contributed by atoms with Crippen molar-refractivity contribution in [3.63, 3.8) is 0 Å². The van der Waals surface area contributed by atoms with E-state index in [1.807, 2.05) is 6.92 Å². The number of carboxylic acids is 2. The topological polar surface area (TPSA) is 74.6 Å². The van der Waals surface area contributed by atoms with Gasteiger partial charge in [0.25, 0.3) is 0 Å². The summed E-state index contributed by atoms with van der Waals surface area (Å²) in [5.41, 5.74) is -1.07. The molecule has 2 N–H and O–H groups in total. The standard InChI is InChI=1S/C19H36O4.Na.H/c1-3-5-6-7-8-9-10-11-12-13-15-19(14-4-2,18(22)23)16-17(20)21;;/h3-16H2,1-2H3,(H,20,21)(H,22,23);;. The predicted octanol–water partition coefficient (Wildman–Crippen LogP) is 4.99. The first-order chi connectivity index (χ1) is 11.0. The van der Waals surface area contributed by atoms with Crippen molar-refractivity contribution >= 4 is 41.5 Å². The third-order valence-corrected chi connectivity index (χ3v) is 4.68. The first-order valence-electron chi connectivity index (χ1n) is 9.43. The summed E-state index contributed by atoms with van der Waals surface area (Å²) in [6.07, 6.45) is 13.4. The van der Waals surface area contributed by atoms with E-state index in [-0.39, 0.29) is 36.0 Å². The van der Waals surface area contributed by atoms with Gasteiger partial charge in [-0.05, 0) is 12.8 Å². The summed E-state index contributed by atoms with van der Waals surface area (Å²) in [6, 6.07) is 0. The Balaban J connectivity index is 0. The van der Waals surface area contributed by atoms with E-state index in [0.717, 1.165) is 19.3 Å². The Kier molecular flexibility index (Phi) is 17.9. The van der Waals surface area contributed by atoms with Crippen molar-refractivity contribution < 1.29 is 19.8 Å². The van der Waals surface area contributed by atoms with Gasteiger partial charge < -0.3 is 10.2 Å². The van der Waals surface area contributed by atoms with Crippen molar-refractivity contribution in [2.45, 2.75) is 104 Å². The van der Waals surface area contributed by atoms with Crippen LogP contribution in [0.25, 0.3) is 0 Å². The van der Waals surface area contributed by atoms with Gasteiger partial charge in [0.05, 0.1) is 11.8 Å². The molecule has 0 amide bonds. The molecule has 0 rings (SSSR count). The Morgan fingerprint density at radius 3 is 1.54 bits per heavy atom. The average Bonchev–Trinajstić information content (AvgIpc) is 2.48. The molecule has 1 atom stereocenters. The van der Waals surface area contributed by atoms with Gasteiger partial charge in [-0.1, -0.05) is 84.5 Å². The van der Waals surface area contributed by atoms with E-state index >= 15 is 0 Å². The fourth-order valence-corrected chi connectivity index (χ4v) is 3.31. The predicted molar refractivity (Wildman–Crippen MR) is 101 cm³/mol. The van der Waals surface area contributed by atoms with Crippen LogP contribution in [0.5, 0.6) is 0 Å². The molecule has 0 aliphatic carbocycles. The molecule has 0 aromatic rings. The van der Waals surface area contributed by atoms with E-state index < -0.39 is 17.4 Å². The van der Waals surface area contributed by atoms with Gasteiger partial charge in [0, 0.05) is 0 Å². The zero-order chi connectivity index (χ0) is 17.6. The SMILES string of the molecule is CCCCCCCCCCCCC(CCC)(CC(=O)O)C(=O)O.[NaH]. The van der Waals surface area contributed by atoms with Gasteiger partial charge in [-0.2, -0.15) is 0 Å². The van der Waals surface area contributed by atoms with Crippen molar-refractivity contribution in [3.8, 4) is 0 Å². The maximum absolute atomic E-state index is 11.6. The van der Waals surface area contributed by atoms with E-state index in [1.54, 1.807) is 0 Å². The molecule has 1 unspecified atom stereocenters. The van der Waals surface area contributed by atoms with E-state index in [0.29, 0.717) is 19.3 Å². The molecular weight excluding hydrogens is 315 g/mol. The minimum absolute atomic E-state index is 0. The van der Waals surface area contributed by atoms with Crippen LogP contribution in [0.1, 0.15) is 104 Å². The third-order valence-electron chi connectivity index (χ3n) is 4.68. The molecule has 0 spiro atoms. The quantitative estimate of drug-likeness (QED) is 0.303. The van der Waals surface area contributed by atoms with Crippen molar-refractivity contribution in [3.05, 3.63) is 0 Å². The monoisotopic (exact) mass is 352 g/mol. The second-order valence-corrected chi connectivity index (χ2v) is 6.84. The second kappa shape index (κ2) is 16.4. The van der Waals surface area contributed by atoms with Crippen LogP contribution in [0.15, 0.2) is 0 Å². The molecule has 0 saturated carbocycles. The van der Waals surface area contributed by atoms with Crippen LogP contribution in [0.3, 0.4) is 0 Å².